The van der Waals surface area contributed by atoms with Gasteiger partial charge in [-0.1, -0.05) is 337 Å². The molecule has 0 bridgehead atoms. The summed E-state index contributed by atoms with van der Waals surface area (Å²) in [5.74, 6) is 3.75. The van der Waals surface area contributed by atoms with Crippen LogP contribution in [0, 0.1) is 56.2 Å². The normalized spacial score (nSPS) is 12.6. The van der Waals surface area contributed by atoms with Crippen molar-refractivity contribution >= 4 is 0 Å². The molecule has 0 aromatic rings. The molecule has 1 heteroatoms. The number of hydrogen-bond donors (Lipinski definition) is 0. The molecule has 2 atom stereocenters. The van der Waals surface area contributed by atoms with Crippen LogP contribution in [0.1, 0.15) is 376 Å². The van der Waals surface area contributed by atoms with Gasteiger partial charge < -0.3 is 4.74 Å². The summed E-state index contributed by atoms with van der Waals surface area (Å²) < 4.78 is 6.11. The Bertz CT molecular complexity index is 798. The van der Waals surface area contributed by atoms with Gasteiger partial charge in [-0.3, -0.25) is 0 Å². The van der Waals surface area contributed by atoms with Crippen LogP contribution in [0.25, 0.3) is 0 Å². The van der Waals surface area contributed by atoms with Crippen LogP contribution in [0.5, 0.6) is 0 Å². The molecule has 0 radical (unpaired) electrons. The lowest BCUT2D eigenvalue weighted by molar-refractivity contribution is -0.0181. The third-order valence-electron chi connectivity index (χ3n) is 20.1. The van der Waals surface area contributed by atoms with Crippen LogP contribution in [0.3, 0.4) is 0 Å². The van der Waals surface area contributed by atoms with Gasteiger partial charge in [-0.2, -0.15) is 0 Å². The molecule has 0 spiro atoms. The summed E-state index contributed by atoms with van der Waals surface area (Å²) in [5, 5.41) is 0. The minimum Gasteiger partial charge on any atom is -0.380 e. The average Bonchev–Trinajstić information content (AvgIpc) is 3.40. The second kappa shape index (κ2) is 54.2. The van der Waals surface area contributed by atoms with Crippen LogP contribution in [0.15, 0.2) is 0 Å². The first-order valence-corrected chi connectivity index (χ1v) is 31.7. The van der Waals surface area contributed by atoms with E-state index in [0.717, 1.165) is 36.9 Å². The second-order valence-corrected chi connectivity index (χ2v) is 23.9. The zero-order valence-electron chi connectivity index (χ0n) is 56.1. The Morgan fingerprint density at radius 3 is 0.536 bits per heavy atom. The molecule has 0 aromatic heterocycles. The van der Waals surface area contributed by atoms with Crippen molar-refractivity contribution in [2.45, 2.75) is 376 Å². The van der Waals surface area contributed by atoms with E-state index in [4.69, 9.17) is 4.74 Å². The van der Waals surface area contributed by atoms with Gasteiger partial charge in [0.05, 0.1) is 13.2 Å². The third kappa shape index (κ3) is 49.9. The summed E-state index contributed by atoms with van der Waals surface area (Å²) in [6.07, 6.45) is 31.3. The topological polar surface area (TPSA) is 9.23 Å². The molecule has 0 saturated carbocycles. The van der Waals surface area contributed by atoms with Gasteiger partial charge in [-0.25, -0.2) is 0 Å². The van der Waals surface area contributed by atoms with Crippen LogP contribution in [0.4, 0.5) is 0 Å². The minimum atomic E-state index is 0.418. The predicted octanol–water partition coefficient (Wildman–Crippen LogP) is 26.3. The van der Waals surface area contributed by atoms with Crippen LogP contribution in [0.2, 0.25) is 0 Å². The summed E-state index contributed by atoms with van der Waals surface area (Å²) in [7, 11) is 0. The third-order valence-corrected chi connectivity index (χ3v) is 20.1. The SMILES string of the molecule is CCC(C)(C)CC.CCC(C)(C)CC.CCC(C)(CC)CC.CCC(C)C(C)CC.CCC(C)CC.CCC(CC)(CC)CC.CCC(CC)(CC)COCC(CC)(CC)CC.CCC(CC)CC. The van der Waals surface area contributed by atoms with Gasteiger partial charge in [0.15, 0.2) is 0 Å². The molecule has 1 nitrogen and oxygen atoms in total. The molecule has 430 valence electrons. The van der Waals surface area contributed by atoms with Crippen molar-refractivity contribution in [2.75, 3.05) is 13.2 Å². The molecule has 0 rings (SSSR count). The van der Waals surface area contributed by atoms with Gasteiger partial charge in [-0.05, 0) is 94.7 Å². The molecule has 0 aliphatic carbocycles. The Balaban J connectivity index is -0.000000106. The molecule has 0 saturated heterocycles. The lowest BCUT2D eigenvalue weighted by Crippen LogP contribution is -2.30. The van der Waals surface area contributed by atoms with E-state index in [1.165, 1.54) is 154 Å². The van der Waals surface area contributed by atoms with E-state index in [1.807, 2.05) is 0 Å². The largest absolute Gasteiger partial charge is 0.380 e. The highest BCUT2D eigenvalue weighted by Gasteiger charge is 2.28. The fraction of sp³-hybridized carbons (Fsp3) is 1.00. The molecule has 69 heavy (non-hydrogen) atoms. The Labute approximate surface area is 447 Å². The van der Waals surface area contributed by atoms with Crippen molar-refractivity contribution in [3.05, 3.63) is 0 Å². The van der Waals surface area contributed by atoms with Gasteiger partial charge in [0.25, 0.3) is 0 Å². The highest BCUT2D eigenvalue weighted by Crippen LogP contribution is 2.35. The van der Waals surface area contributed by atoms with Crippen molar-refractivity contribution in [1.82, 2.24) is 0 Å². The first kappa shape index (κ1) is 85.7. The average molecular weight is 986 g/mol. The summed E-state index contributed by atoms with van der Waals surface area (Å²) in [6, 6.07) is 0. The standard InChI is InChI=1S/C16H34O.C9H20.2C8H18.3C7H16.C6H14/c1-7-15(8-2,9-3)13-17-14-16(10-4,11-5)12-6;1-5-9(6-2,7-3)8-4;1-5-8(4,6-2)7-3;1-5-7(3)8(4)6-2;2*1-5-7(3,4)6-2;1-4-7(5-2)6-3;1-4-6(3)5-2/h7-14H2,1-6H3;5-8H2,1-4H3;5-7H2,1-4H3;7-8H,5-6H2,1-4H3;2*5-6H2,1-4H3;7H,4-6H2,1-3H3;6H,4-5H2,1-3H3. The zero-order valence-corrected chi connectivity index (χ0v) is 56.1. The van der Waals surface area contributed by atoms with Crippen LogP contribution in [-0.4, -0.2) is 13.2 Å². The highest BCUT2D eigenvalue weighted by atomic mass is 16.5. The predicted molar refractivity (Wildman–Crippen MR) is 332 cm³/mol. The molecule has 0 fully saturated rings. The minimum absolute atomic E-state index is 0.418. The van der Waals surface area contributed by atoms with Gasteiger partial charge in [0.1, 0.15) is 0 Å². The van der Waals surface area contributed by atoms with E-state index in [1.54, 1.807) is 0 Å². The Kier molecular flexibility index (Phi) is 67.4. The number of ether oxygens (including phenoxy) is 1. The highest BCUT2D eigenvalue weighted by molar-refractivity contribution is 4.78. The van der Waals surface area contributed by atoms with Crippen molar-refractivity contribution in [3.8, 4) is 0 Å². The Hall–Kier alpha value is -0.0400. The molecule has 2 unspecified atom stereocenters. The first-order valence-electron chi connectivity index (χ1n) is 31.7. The Morgan fingerprint density at radius 1 is 0.261 bits per heavy atom. The number of hydrogen-bond acceptors (Lipinski definition) is 1. The lowest BCUT2D eigenvalue weighted by atomic mass is 9.78. The van der Waals surface area contributed by atoms with E-state index in [0.29, 0.717) is 32.5 Å². The molecule has 0 aromatic carbocycles. The van der Waals surface area contributed by atoms with E-state index in [9.17, 15) is 0 Å². The Morgan fingerprint density at radius 2 is 0.478 bits per heavy atom. The summed E-state index contributed by atoms with van der Waals surface area (Å²) in [4.78, 5) is 0. The summed E-state index contributed by atoms with van der Waals surface area (Å²) in [5.41, 5.74) is 3.29. The molecule has 0 heterocycles. The fourth-order valence-corrected chi connectivity index (χ4v) is 7.31. The number of rotatable bonds is 29. The van der Waals surface area contributed by atoms with Crippen LogP contribution < -0.4 is 0 Å². The zero-order chi connectivity index (χ0) is 56.4. The molecule has 0 aliphatic rings. The molecule has 0 N–H and O–H groups in total. The second-order valence-electron chi connectivity index (χ2n) is 23.9. The quantitative estimate of drug-likeness (QED) is 0.0726. The maximum atomic E-state index is 6.11. The van der Waals surface area contributed by atoms with Gasteiger partial charge in [0.2, 0.25) is 0 Å². The van der Waals surface area contributed by atoms with Crippen molar-refractivity contribution in [3.63, 3.8) is 0 Å². The summed E-state index contributed by atoms with van der Waals surface area (Å²) in [6.45, 7) is 74.9. The fourth-order valence-electron chi connectivity index (χ4n) is 7.31. The van der Waals surface area contributed by atoms with E-state index >= 15 is 0 Å². The monoisotopic (exact) mass is 985 g/mol. The van der Waals surface area contributed by atoms with Crippen molar-refractivity contribution < 1.29 is 4.74 Å². The lowest BCUT2D eigenvalue weighted by Gasteiger charge is -2.34. The van der Waals surface area contributed by atoms with Crippen LogP contribution >= 0.6 is 0 Å². The van der Waals surface area contributed by atoms with Gasteiger partial charge in [0, 0.05) is 0 Å². The maximum absolute atomic E-state index is 6.11. The van der Waals surface area contributed by atoms with E-state index in [2.05, 4.69) is 222 Å². The molecule has 0 amide bonds. The van der Waals surface area contributed by atoms with Gasteiger partial charge in [-0.15, -0.1) is 0 Å². The van der Waals surface area contributed by atoms with Crippen LogP contribution in [-0.2, 0) is 4.74 Å². The van der Waals surface area contributed by atoms with E-state index in [-0.39, 0.29) is 0 Å². The molecular weight excluding hydrogens is 833 g/mol. The van der Waals surface area contributed by atoms with E-state index < -0.39 is 0 Å². The smallest absolute Gasteiger partial charge is 0.0522 e. The first-order chi connectivity index (χ1) is 32.1. The molecule has 0 aliphatic heterocycles. The molecular formula is C68H152O. The van der Waals surface area contributed by atoms with Crippen molar-refractivity contribution in [1.29, 1.82) is 0 Å². The summed E-state index contributed by atoms with van der Waals surface area (Å²) >= 11 is 0. The van der Waals surface area contributed by atoms with Crippen molar-refractivity contribution in [2.24, 2.45) is 56.2 Å². The maximum Gasteiger partial charge on any atom is 0.0522 e. The van der Waals surface area contributed by atoms with Gasteiger partial charge >= 0.3 is 0 Å².